The molecule has 0 bridgehead atoms. The number of rotatable bonds is 5. The first-order valence-corrected chi connectivity index (χ1v) is 9.89. The van der Waals surface area contributed by atoms with Gasteiger partial charge in [0.05, 0.1) is 0 Å². The molecule has 1 fully saturated rings. The van der Waals surface area contributed by atoms with Crippen molar-refractivity contribution in [2.75, 3.05) is 6.61 Å². The molecule has 25 heavy (non-hydrogen) atoms. The number of esters is 1. The Balaban J connectivity index is 1.67. The van der Waals surface area contributed by atoms with Crippen LogP contribution in [0.15, 0.2) is 35.0 Å². The molecule has 0 N–H and O–H groups in total. The number of thiophene rings is 1. The highest BCUT2D eigenvalue weighted by atomic mass is 32.2. The summed E-state index contributed by atoms with van der Waals surface area (Å²) < 4.78 is 11.3. The van der Waals surface area contributed by atoms with Crippen LogP contribution in [0.25, 0.3) is 4.90 Å². The number of carbonyl (C=O) groups excluding carboxylic acids is 1. The first-order valence-electron chi connectivity index (χ1n) is 8.53. The van der Waals surface area contributed by atoms with Crippen molar-refractivity contribution < 1.29 is 14.3 Å². The third kappa shape index (κ3) is 3.88. The van der Waals surface area contributed by atoms with E-state index in [0.29, 0.717) is 0 Å². The Bertz CT molecular complexity index is 770. The Morgan fingerprint density at radius 1 is 1.20 bits per heavy atom. The minimum Gasteiger partial charge on any atom is -0.481 e. The van der Waals surface area contributed by atoms with Crippen molar-refractivity contribution in [2.45, 2.75) is 45.1 Å². The van der Waals surface area contributed by atoms with E-state index in [2.05, 4.69) is 40.9 Å². The Morgan fingerprint density at radius 2 is 1.80 bits per heavy atom. The molecule has 3 nitrogen and oxygen atoms in total. The number of ether oxygens (including phenoxy) is 2. The molecule has 0 aliphatic heterocycles. The largest absolute Gasteiger partial charge is 0.481 e. The third-order valence-corrected chi connectivity index (χ3v) is 6.27. The van der Waals surface area contributed by atoms with Gasteiger partial charge in [0.1, 0.15) is 16.5 Å². The molecule has 3 rings (SSSR count). The summed E-state index contributed by atoms with van der Waals surface area (Å²) in [6, 6.07) is 8.38. The van der Waals surface area contributed by atoms with Gasteiger partial charge in [-0.2, -0.15) is 0 Å². The van der Waals surface area contributed by atoms with Crippen molar-refractivity contribution >= 4 is 16.4 Å². The van der Waals surface area contributed by atoms with Gasteiger partial charge in [0.2, 0.25) is 0 Å². The quantitative estimate of drug-likeness (QED) is 0.434. The summed E-state index contributed by atoms with van der Waals surface area (Å²) >= 11 is 0. The van der Waals surface area contributed by atoms with Crippen molar-refractivity contribution in [2.24, 2.45) is 0 Å². The van der Waals surface area contributed by atoms with Gasteiger partial charge in [-0.25, -0.2) is 4.79 Å². The molecule has 130 valence electrons. The first kappa shape index (κ1) is 17.6. The van der Waals surface area contributed by atoms with Gasteiger partial charge in [-0.1, -0.05) is 5.92 Å². The molecule has 0 radical (unpaired) electrons. The number of carbonyl (C=O) groups is 1. The molecule has 2 aromatic rings. The van der Waals surface area contributed by atoms with Crippen LogP contribution in [0.3, 0.4) is 0 Å². The van der Waals surface area contributed by atoms with Crippen LogP contribution in [0.2, 0.25) is 0 Å². The van der Waals surface area contributed by atoms with E-state index in [9.17, 15) is 4.79 Å². The molecule has 0 unspecified atom stereocenters. The highest BCUT2D eigenvalue weighted by Crippen LogP contribution is 2.36. The molecule has 1 heterocycles. The van der Waals surface area contributed by atoms with Gasteiger partial charge in [0, 0.05) is 22.6 Å². The second kappa shape index (κ2) is 7.33. The highest BCUT2D eigenvalue weighted by Gasteiger charge is 2.35. The summed E-state index contributed by atoms with van der Waals surface area (Å²) in [5.74, 6) is 3.01. The van der Waals surface area contributed by atoms with Crippen molar-refractivity contribution in [3.05, 3.63) is 46.2 Å². The van der Waals surface area contributed by atoms with Crippen molar-refractivity contribution in [1.29, 1.82) is 0 Å². The fourth-order valence-corrected chi connectivity index (χ4v) is 4.89. The molecule has 1 aromatic carbocycles. The lowest BCUT2D eigenvalue weighted by molar-refractivity contribution is -0.156. The predicted molar refractivity (Wildman–Crippen MR) is 101 cm³/mol. The summed E-state index contributed by atoms with van der Waals surface area (Å²) in [6.45, 7) is 3.89. The van der Waals surface area contributed by atoms with E-state index in [0.717, 1.165) is 42.6 Å². The molecule has 0 saturated heterocycles. The average Bonchev–Trinajstić information content (AvgIpc) is 3.26. The van der Waals surface area contributed by atoms with Gasteiger partial charge in [0.25, 0.3) is 0 Å². The van der Waals surface area contributed by atoms with Crippen LogP contribution in [0, 0.1) is 26.2 Å². The van der Waals surface area contributed by atoms with Crippen molar-refractivity contribution in [3.63, 3.8) is 0 Å². The molecule has 1 aliphatic carbocycles. The van der Waals surface area contributed by atoms with E-state index in [1.807, 2.05) is 13.8 Å². The van der Waals surface area contributed by atoms with Gasteiger partial charge in [-0.3, -0.25) is 0 Å². The van der Waals surface area contributed by atoms with Crippen LogP contribution in [-0.2, 0) is 9.53 Å². The fourth-order valence-electron chi connectivity index (χ4n) is 3.34. The summed E-state index contributed by atoms with van der Waals surface area (Å²) in [5, 5.41) is 4.37. The smallest absolute Gasteiger partial charge is 0.345 e. The number of terminal acetylenes is 1. The van der Waals surface area contributed by atoms with Crippen LogP contribution < -0.4 is 4.74 Å². The molecule has 1 saturated carbocycles. The van der Waals surface area contributed by atoms with Gasteiger partial charge in [0.15, 0.2) is 17.1 Å². The lowest BCUT2D eigenvalue weighted by Gasteiger charge is -2.23. The summed E-state index contributed by atoms with van der Waals surface area (Å²) in [4.78, 5) is 13.4. The molecular formula is C21H23O3S+. The minimum atomic E-state index is -0.726. The highest BCUT2D eigenvalue weighted by molar-refractivity contribution is 7.36. The second-order valence-corrected chi connectivity index (χ2v) is 8.28. The number of hydrogen-bond acceptors (Lipinski definition) is 3. The second-order valence-electron chi connectivity index (χ2n) is 6.52. The lowest BCUT2D eigenvalue weighted by atomic mass is 10.0. The van der Waals surface area contributed by atoms with Gasteiger partial charge < -0.3 is 9.47 Å². The monoisotopic (exact) mass is 355 g/mol. The van der Waals surface area contributed by atoms with Crippen LogP contribution in [0.5, 0.6) is 5.75 Å². The van der Waals surface area contributed by atoms with Gasteiger partial charge >= 0.3 is 5.97 Å². The maximum Gasteiger partial charge on any atom is 0.345 e. The molecule has 0 spiro atoms. The normalized spacial score (nSPS) is 15.6. The minimum absolute atomic E-state index is 0.0271. The molecule has 0 atom stereocenters. The van der Waals surface area contributed by atoms with Crippen LogP contribution in [-0.4, -0.2) is 18.2 Å². The van der Waals surface area contributed by atoms with E-state index >= 15 is 0 Å². The van der Waals surface area contributed by atoms with E-state index in [1.54, 1.807) is 0 Å². The van der Waals surface area contributed by atoms with Crippen LogP contribution >= 0.6 is 10.5 Å². The maximum absolute atomic E-state index is 12.2. The Morgan fingerprint density at radius 3 is 2.36 bits per heavy atom. The Hall–Kier alpha value is -2.25. The molecule has 1 aromatic heterocycles. The van der Waals surface area contributed by atoms with Crippen molar-refractivity contribution in [1.82, 2.24) is 0 Å². The summed E-state index contributed by atoms with van der Waals surface area (Å²) in [7, 11) is 0.0271. The molecule has 1 aliphatic rings. The van der Waals surface area contributed by atoms with Crippen LogP contribution in [0.1, 0.15) is 36.8 Å². The van der Waals surface area contributed by atoms with E-state index in [1.165, 1.54) is 4.90 Å². The van der Waals surface area contributed by atoms with Gasteiger partial charge in [-0.05, 0) is 62.8 Å². The maximum atomic E-state index is 12.2. The zero-order valence-electron chi connectivity index (χ0n) is 14.7. The number of hydrogen-bond donors (Lipinski definition) is 0. The Kier molecular flexibility index (Phi) is 5.15. The Labute approximate surface area is 151 Å². The molecular weight excluding hydrogens is 332 g/mol. The zero-order chi connectivity index (χ0) is 17.9. The van der Waals surface area contributed by atoms with Gasteiger partial charge in [-0.15, -0.1) is 6.42 Å². The molecule has 4 heteroatoms. The van der Waals surface area contributed by atoms with E-state index in [-0.39, 0.29) is 17.1 Å². The van der Waals surface area contributed by atoms with E-state index in [4.69, 9.17) is 15.9 Å². The third-order valence-electron chi connectivity index (χ3n) is 4.59. The van der Waals surface area contributed by atoms with Crippen LogP contribution in [0.4, 0.5) is 0 Å². The average molecular weight is 355 g/mol. The first-order chi connectivity index (χ1) is 12.0. The zero-order valence-corrected chi connectivity index (χ0v) is 15.5. The standard InChI is InChI=1S/C21H23O3S/c1-4-21(9-5-6-10-21)24-19(22)15-23-20-16(2)13-18(14-17(20)3)25-11-7-8-12-25/h1,7-8,11-14H,5-6,9-10,15H2,2-3H3/q+1. The number of benzene rings is 1. The summed E-state index contributed by atoms with van der Waals surface area (Å²) in [6.07, 6.45) is 9.06. The summed E-state index contributed by atoms with van der Waals surface area (Å²) in [5.41, 5.74) is 1.32. The molecule has 0 amide bonds. The van der Waals surface area contributed by atoms with Crippen molar-refractivity contribution in [3.8, 4) is 23.0 Å². The number of aryl methyl sites for hydroxylation is 2. The fraction of sp³-hybridized carbons (Fsp3) is 0.381. The topological polar surface area (TPSA) is 35.5 Å². The lowest BCUT2D eigenvalue weighted by Crippen LogP contribution is -2.32. The SMILES string of the molecule is C#CC1(OC(=O)COc2c(C)cc(-[s+]3cccc3)cc2C)CCCC1. The van der Waals surface area contributed by atoms with E-state index < -0.39 is 11.6 Å². The predicted octanol–water partition coefficient (Wildman–Crippen LogP) is 4.91.